The molecule has 0 aromatic carbocycles. The van der Waals surface area contributed by atoms with Crippen molar-refractivity contribution >= 4 is 16.0 Å². The van der Waals surface area contributed by atoms with E-state index in [9.17, 15) is 13.2 Å². The van der Waals surface area contributed by atoms with Crippen LogP contribution in [0.5, 0.6) is 0 Å². The lowest BCUT2D eigenvalue weighted by molar-refractivity contribution is -0.143. The molecule has 1 atom stereocenters. The number of nitrogens with one attached hydrogen (secondary N) is 1. The van der Waals surface area contributed by atoms with E-state index in [1.165, 1.54) is 7.11 Å². The smallest absolute Gasteiger partial charge is 0.324 e. The molecule has 1 saturated heterocycles. The van der Waals surface area contributed by atoms with E-state index in [4.69, 9.17) is 4.74 Å². The van der Waals surface area contributed by atoms with Gasteiger partial charge in [0.1, 0.15) is 6.04 Å². The number of sulfonamides is 1. The van der Waals surface area contributed by atoms with Gasteiger partial charge < -0.3 is 9.47 Å². The fourth-order valence-corrected chi connectivity index (χ4v) is 3.57. The summed E-state index contributed by atoms with van der Waals surface area (Å²) in [7, 11) is -2.26. The van der Waals surface area contributed by atoms with Crippen LogP contribution in [-0.2, 0) is 24.3 Å². The maximum atomic E-state index is 12.1. The maximum absolute atomic E-state index is 12.1. The number of hydrogen-bond acceptors (Lipinski definition) is 5. The summed E-state index contributed by atoms with van der Waals surface area (Å²) in [6.45, 7) is 4.43. The highest BCUT2D eigenvalue weighted by atomic mass is 32.2. The molecule has 7 heteroatoms. The Labute approximate surface area is 108 Å². The Kier molecular flexibility index (Phi) is 5.55. The van der Waals surface area contributed by atoms with Gasteiger partial charge in [-0.2, -0.15) is 0 Å². The van der Waals surface area contributed by atoms with Gasteiger partial charge in [-0.15, -0.1) is 0 Å². The Morgan fingerprint density at radius 1 is 1.33 bits per heavy atom. The number of rotatable bonds is 5. The SMILES string of the molecule is COC(=O)C(NS(=O)(=O)C1CCOCC1)C(C)C. The summed E-state index contributed by atoms with van der Waals surface area (Å²) in [6, 6.07) is -0.831. The first kappa shape index (κ1) is 15.4. The molecule has 0 spiro atoms. The molecule has 1 rings (SSSR count). The standard InChI is InChI=1S/C11H21NO5S/c1-8(2)10(11(13)16-3)12-18(14,15)9-4-6-17-7-5-9/h8-10,12H,4-7H2,1-3H3. The minimum atomic E-state index is -3.51. The zero-order valence-electron chi connectivity index (χ0n) is 11.0. The number of ether oxygens (including phenoxy) is 2. The van der Waals surface area contributed by atoms with Gasteiger partial charge in [0, 0.05) is 13.2 Å². The summed E-state index contributed by atoms with van der Waals surface area (Å²) in [5.41, 5.74) is 0. The Morgan fingerprint density at radius 3 is 2.33 bits per heavy atom. The summed E-state index contributed by atoms with van der Waals surface area (Å²) >= 11 is 0. The van der Waals surface area contributed by atoms with Crippen LogP contribution in [-0.4, -0.2) is 46.0 Å². The van der Waals surface area contributed by atoms with E-state index < -0.39 is 27.3 Å². The number of carbonyl (C=O) groups is 1. The highest BCUT2D eigenvalue weighted by Gasteiger charge is 2.33. The molecule has 0 amide bonds. The average molecular weight is 279 g/mol. The minimum absolute atomic E-state index is 0.160. The predicted molar refractivity (Wildman–Crippen MR) is 66.5 cm³/mol. The highest BCUT2D eigenvalue weighted by Crippen LogP contribution is 2.16. The molecule has 1 N–H and O–H groups in total. The van der Waals surface area contributed by atoms with E-state index in [0.29, 0.717) is 26.1 Å². The summed E-state index contributed by atoms with van der Waals surface area (Å²) in [5.74, 6) is -0.715. The van der Waals surface area contributed by atoms with Gasteiger partial charge in [0.2, 0.25) is 10.0 Å². The number of methoxy groups -OCH3 is 1. The Bertz CT molecular complexity index is 373. The second-order valence-corrected chi connectivity index (χ2v) is 6.71. The quantitative estimate of drug-likeness (QED) is 0.731. The molecule has 1 fully saturated rings. The van der Waals surface area contributed by atoms with Crippen molar-refractivity contribution in [2.45, 2.75) is 38.0 Å². The molecule has 106 valence electrons. The molecule has 0 aromatic heterocycles. The molecule has 1 unspecified atom stereocenters. The van der Waals surface area contributed by atoms with Crippen LogP contribution in [0.25, 0.3) is 0 Å². The first-order chi connectivity index (χ1) is 8.38. The maximum Gasteiger partial charge on any atom is 0.324 e. The van der Waals surface area contributed by atoms with Crippen LogP contribution in [0.1, 0.15) is 26.7 Å². The first-order valence-corrected chi connectivity index (χ1v) is 7.60. The van der Waals surface area contributed by atoms with Crippen LogP contribution >= 0.6 is 0 Å². The van der Waals surface area contributed by atoms with Crippen LogP contribution in [0.2, 0.25) is 0 Å². The van der Waals surface area contributed by atoms with Crippen molar-refractivity contribution in [3.8, 4) is 0 Å². The van der Waals surface area contributed by atoms with Crippen molar-refractivity contribution in [3.05, 3.63) is 0 Å². The molecular formula is C11H21NO5S. The zero-order chi connectivity index (χ0) is 13.8. The first-order valence-electron chi connectivity index (χ1n) is 6.05. The summed E-state index contributed by atoms with van der Waals surface area (Å²) in [5, 5.41) is -0.489. The fourth-order valence-electron chi connectivity index (χ4n) is 1.84. The molecule has 0 saturated carbocycles. The molecule has 1 aliphatic heterocycles. The van der Waals surface area contributed by atoms with Crippen LogP contribution in [0.4, 0.5) is 0 Å². The Balaban J connectivity index is 2.75. The van der Waals surface area contributed by atoms with Crippen LogP contribution in [0.3, 0.4) is 0 Å². The van der Waals surface area contributed by atoms with Gasteiger partial charge in [0.15, 0.2) is 0 Å². The number of hydrogen-bond donors (Lipinski definition) is 1. The minimum Gasteiger partial charge on any atom is -0.468 e. The zero-order valence-corrected chi connectivity index (χ0v) is 11.8. The van der Waals surface area contributed by atoms with Gasteiger partial charge in [-0.1, -0.05) is 13.8 Å². The fraction of sp³-hybridized carbons (Fsp3) is 0.909. The molecule has 18 heavy (non-hydrogen) atoms. The largest absolute Gasteiger partial charge is 0.468 e. The number of esters is 1. The molecular weight excluding hydrogens is 258 g/mol. The van der Waals surface area contributed by atoms with E-state index in [0.717, 1.165) is 0 Å². The predicted octanol–water partition coefficient (Wildman–Crippen LogP) is 0.282. The van der Waals surface area contributed by atoms with Crippen LogP contribution in [0, 0.1) is 5.92 Å². The Morgan fingerprint density at radius 2 is 1.89 bits per heavy atom. The van der Waals surface area contributed by atoms with E-state index in [2.05, 4.69) is 9.46 Å². The van der Waals surface area contributed by atoms with E-state index >= 15 is 0 Å². The van der Waals surface area contributed by atoms with Gasteiger partial charge in [-0.05, 0) is 18.8 Å². The lowest BCUT2D eigenvalue weighted by Crippen LogP contribution is -2.49. The van der Waals surface area contributed by atoms with Crippen LogP contribution < -0.4 is 4.72 Å². The van der Waals surface area contributed by atoms with Gasteiger partial charge in [0.25, 0.3) is 0 Å². The molecule has 1 aliphatic rings. The highest BCUT2D eigenvalue weighted by molar-refractivity contribution is 7.90. The molecule has 0 radical (unpaired) electrons. The summed E-state index contributed by atoms with van der Waals surface area (Å²) < 4.78 is 36.5. The van der Waals surface area contributed by atoms with Crippen LogP contribution in [0.15, 0.2) is 0 Å². The molecule has 0 aromatic rings. The van der Waals surface area contributed by atoms with Gasteiger partial charge in [-0.25, -0.2) is 13.1 Å². The van der Waals surface area contributed by atoms with Crippen molar-refractivity contribution < 1.29 is 22.7 Å². The monoisotopic (exact) mass is 279 g/mol. The van der Waals surface area contributed by atoms with E-state index in [1.807, 2.05) is 0 Å². The van der Waals surface area contributed by atoms with Crippen molar-refractivity contribution in [1.29, 1.82) is 0 Å². The molecule has 1 heterocycles. The Hall–Kier alpha value is -0.660. The van der Waals surface area contributed by atoms with Crippen molar-refractivity contribution in [2.24, 2.45) is 5.92 Å². The van der Waals surface area contributed by atoms with Gasteiger partial charge in [-0.3, -0.25) is 4.79 Å². The average Bonchev–Trinajstić information content (AvgIpc) is 2.36. The van der Waals surface area contributed by atoms with E-state index in [-0.39, 0.29) is 5.92 Å². The van der Waals surface area contributed by atoms with Gasteiger partial charge in [0.05, 0.1) is 12.4 Å². The summed E-state index contributed by atoms with van der Waals surface area (Å²) in [6.07, 6.45) is 0.919. The summed E-state index contributed by atoms with van der Waals surface area (Å²) in [4.78, 5) is 11.5. The normalized spacial score (nSPS) is 19.8. The number of carbonyl (C=O) groups excluding carboxylic acids is 1. The van der Waals surface area contributed by atoms with Crippen molar-refractivity contribution in [1.82, 2.24) is 4.72 Å². The van der Waals surface area contributed by atoms with Crippen molar-refractivity contribution in [3.63, 3.8) is 0 Å². The van der Waals surface area contributed by atoms with Gasteiger partial charge >= 0.3 is 5.97 Å². The van der Waals surface area contributed by atoms with E-state index in [1.54, 1.807) is 13.8 Å². The van der Waals surface area contributed by atoms with Crippen molar-refractivity contribution in [2.75, 3.05) is 20.3 Å². The third-order valence-electron chi connectivity index (χ3n) is 3.02. The molecule has 0 bridgehead atoms. The molecule has 0 aliphatic carbocycles. The molecule has 6 nitrogen and oxygen atoms in total. The topological polar surface area (TPSA) is 81.7 Å². The second-order valence-electron chi connectivity index (χ2n) is 4.72. The lowest BCUT2D eigenvalue weighted by Gasteiger charge is -2.26. The lowest BCUT2D eigenvalue weighted by atomic mass is 10.1. The second kappa shape index (κ2) is 6.49. The third kappa shape index (κ3) is 3.93. The third-order valence-corrected chi connectivity index (χ3v) is 4.95.